The van der Waals surface area contributed by atoms with Crippen LogP contribution in [0.2, 0.25) is 10.0 Å². The number of nitrogens with one attached hydrogen (secondary N) is 1. The minimum absolute atomic E-state index is 0.314. The molecule has 0 saturated heterocycles. The van der Waals surface area contributed by atoms with Crippen molar-refractivity contribution < 1.29 is 14.3 Å². The highest BCUT2D eigenvalue weighted by atomic mass is 35.5. The van der Waals surface area contributed by atoms with Gasteiger partial charge in [0.2, 0.25) is 0 Å². The van der Waals surface area contributed by atoms with Crippen LogP contribution in [0.5, 0.6) is 0 Å². The summed E-state index contributed by atoms with van der Waals surface area (Å²) in [7, 11) is 0. The normalized spacial score (nSPS) is 11.6. The van der Waals surface area contributed by atoms with Crippen molar-refractivity contribution in [3.63, 3.8) is 0 Å². The number of rotatable bonds is 4. The van der Waals surface area contributed by atoms with Gasteiger partial charge in [-0.2, -0.15) is 0 Å². The number of aromatic nitrogens is 1. The van der Waals surface area contributed by atoms with Gasteiger partial charge in [0.1, 0.15) is 5.82 Å². The zero-order valence-corrected chi connectivity index (χ0v) is 13.1. The van der Waals surface area contributed by atoms with E-state index in [1.807, 2.05) is 0 Å². The van der Waals surface area contributed by atoms with Gasteiger partial charge in [0.05, 0.1) is 10.6 Å². The molecule has 0 aliphatic heterocycles. The zero-order valence-electron chi connectivity index (χ0n) is 11.5. The number of esters is 1. The van der Waals surface area contributed by atoms with Crippen molar-refractivity contribution >= 4 is 40.9 Å². The van der Waals surface area contributed by atoms with Gasteiger partial charge in [-0.3, -0.25) is 4.79 Å². The lowest BCUT2D eigenvalue weighted by Gasteiger charge is -2.13. The molecule has 0 bridgehead atoms. The van der Waals surface area contributed by atoms with E-state index in [0.29, 0.717) is 21.4 Å². The van der Waals surface area contributed by atoms with E-state index in [4.69, 9.17) is 27.9 Å². The molecular weight excluding hydrogens is 327 g/mol. The van der Waals surface area contributed by atoms with E-state index in [1.165, 1.54) is 25.3 Å². The highest BCUT2D eigenvalue weighted by molar-refractivity contribution is 6.30. The fourth-order valence-corrected chi connectivity index (χ4v) is 1.78. The number of anilines is 1. The molecule has 7 heteroatoms. The number of hydrogen-bond donors (Lipinski definition) is 1. The van der Waals surface area contributed by atoms with E-state index in [-0.39, 0.29) is 0 Å². The Balaban J connectivity index is 1.94. The van der Waals surface area contributed by atoms with Crippen LogP contribution in [0.1, 0.15) is 17.3 Å². The highest BCUT2D eigenvalue weighted by Crippen LogP contribution is 2.13. The van der Waals surface area contributed by atoms with Crippen molar-refractivity contribution in [1.29, 1.82) is 0 Å². The largest absolute Gasteiger partial charge is 0.449 e. The Hall–Kier alpha value is -2.11. The van der Waals surface area contributed by atoms with Crippen LogP contribution in [0.3, 0.4) is 0 Å². The van der Waals surface area contributed by atoms with E-state index in [2.05, 4.69) is 10.3 Å². The second-order valence-corrected chi connectivity index (χ2v) is 5.28. The Morgan fingerprint density at radius 3 is 2.32 bits per heavy atom. The number of nitrogens with zero attached hydrogens (tertiary/aromatic N) is 1. The van der Waals surface area contributed by atoms with E-state index in [1.54, 1.807) is 24.3 Å². The zero-order chi connectivity index (χ0) is 16.1. The van der Waals surface area contributed by atoms with Gasteiger partial charge in [0, 0.05) is 11.2 Å². The summed E-state index contributed by atoms with van der Waals surface area (Å²) < 4.78 is 5.09. The fraction of sp³-hybridized carbons (Fsp3) is 0.133. The first-order valence-electron chi connectivity index (χ1n) is 6.34. The topological polar surface area (TPSA) is 68.3 Å². The Morgan fingerprint density at radius 2 is 1.73 bits per heavy atom. The lowest BCUT2D eigenvalue weighted by Crippen LogP contribution is -2.30. The Morgan fingerprint density at radius 1 is 1.09 bits per heavy atom. The average molecular weight is 339 g/mol. The summed E-state index contributed by atoms with van der Waals surface area (Å²) in [6.45, 7) is 1.47. The maximum atomic E-state index is 11.9. The number of benzene rings is 1. The van der Waals surface area contributed by atoms with Crippen LogP contribution in [0.4, 0.5) is 5.82 Å². The molecule has 0 aliphatic rings. The maximum absolute atomic E-state index is 11.9. The lowest BCUT2D eigenvalue weighted by atomic mass is 10.2. The predicted octanol–water partition coefficient (Wildman–Crippen LogP) is 3.57. The van der Waals surface area contributed by atoms with Crippen molar-refractivity contribution in [1.82, 2.24) is 4.98 Å². The molecule has 0 spiro atoms. The molecule has 114 valence electrons. The summed E-state index contributed by atoms with van der Waals surface area (Å²) in [6.07, 6.45) is 0.433. The van der Waals surface area contributed by atoms with Crippen LogP contribution in [-0.4, -0.2) is 23.0 Å². The predicted molar refractivity (Wildman–Crippen MR) is 84.2 cm³/mol. The second kappa shape index (κ2) is 7.24. The Bertz CT molecular complexity index is 672. The van der Waals surface area contributed by atoms with Crippen LogP contribution in [0.15, 0.2) is 42.6 Å². The third kappa shape index (κ3) is 4.44. The molecule has 1 aromatic heterocycles. The summed E-state index contributed by atoms with van der Waals surface area (Å²) in [5.41, 5.74) is 0.314. The first kappa shape index (κ1) is 16.3. The molecule has 1 amide bonds. The molecule has 1 heterocycles. The molecule has 0 fully saturated rings. The van der Waals surface area contributed by atoms with Crippen LogP contribution in [-0.2, 0) is 9.53 Å². The monoisotopic (exact) mass is 338 g/mol. The average Bonchev–Trinajstić information content (AvgIpc) is 2.50. The minimum Gasteiger partial charge on any atom is -0.449 e. The van der Waals surface area contributed by atoms with E-state index >= 15 is 0 Å². The maximum Gasteiger partial charge on any atom is 0.338 e. The van der Waals surface area contributed by atoms with Gasteiger partial charge in [-0.15, -0.1) is 0 Å². The second-order valence-electron chi connectivity index (χ2n) is 4.41. The van der Waals surface area contributed by atoms with Gasteiger partial charge in [0.15, 0.2) is 6.10 Å². The quantitative estimate of drug-likeness (QED) is 0.865. The SMILES string of the molecule is C[C@H](OC(=O)c1ccc(Cl)cc1)C(=O)Nc1ccc(Cl)cn1. The van der Waals surface area contributed by atoms with Crippen LogP contribution in [0.25, 0.3) is 0 Å². The van der Waals surface area contributed by atoms with Crippen molar-refractivity contribution in [2.24, 2.45) is 0 Å². The number of ether oxygens (including phenoxy) is 1. The molecule has 0 unspecified atom stereocenters. The van der Waals surface area contributed by atoms with Crippen molar-refractivity contribution in [3.05, 3.63) is 58.2 Å². The molecule has 2 rings (SSSR count). The van der Waals surface area contributed by atoms with Crippen LogP contribution < -0.4 is 5.32 Å². The van der Waals surface area contributed by atoms with Gasteiger partial charge in [0.25, 0.3) is 5.91 Å². The highest BCUT2D eigenvalue weighted by Gasteiger charge is 2.19. The summed E-state index contributed by atoms with van der Waals surface area (Å²) in [6, 6.07) is 9.33. The number of carbonyl (C=O) groups is 2. The first-order chi connectivity index (χ1) is 10.5. The van der Waals surface area contributed by atoms with Gasteiger partial charge in [-0.05, 0) is 43.3 Å². The molecule has 0 radical (unpaired) electrons. The Kier molecular flexibility index (Phi) is 5.35. The summed E-state index contributed by atoms with van der Waals surface area (Å²) in [5, 5.41) is 3.50. The van der Waals surface area contributed by atoms with Crippen LogP contribution >= 0.6 is 23.2 Å². The van der Waals surface area contributed by atoms with E-state index in [0.717, 1.165) is 0 Å². The molecule has 5 nitrogen and oxygen atoms in total. The van der Waals surface area contributed by atoms with Crippen molar-refractivity contribution in [3.8, 4) is 0 Å². The third-order valence-corrected chi connectivity index (χ3v) is 3.19. The molecule has 1 N–H and O–H groups in total. The minimum atomic E-state index is -0.972. The van der Waals surface area contributed by atoms with Gasteiger partial charge in [-0.25, -0.2) is 9.78 Å². The smallest absolute Gasteiger partial charge is 0.338 e. The van der Waals surface area contributed by atoms with Gasteiger partial charge in [-0.1, -0.05) is 23.2 Å². The number of amides is 1. The number of pyridine rings is 1. The fourth-order valence-electron chi connectivity index (χ4n) is 1.55. The molecular formula is C15H12Cl2N2O3. The number of hydrogen-bond acceptors (Lipinski definition) is 4. The number of carbonyl (C=O) groups excluding carboxylic acids is 2. The molecule has 2 aromatic rings. The first-order valence-corrected chi connectivity index (χ1v) is 7.10. The number of halogens is 2. The molecule has 0 saturated carbocycles. The summed E-state index contributed by atoms with van der Waals surface area (Å²) >= 11 is 11.4. The van der Waals surface area contributed by atoms with E-state index < -0.39 is 18.0 Å². The molecule has 22 heavy (non-hydrogen) atoms. The summed E-state index contributed by atoms with van der Waals surface area (Å²) in [5.74, 6) is -0.774. The van der Waals surface area contributed by atoms with Crippen molar-refractivity contribution in [2.75, 3.05) is 5.32 Å². The third-order valence-electron chi connectivity index (χ3n) is 2.71. The van der Waals surface area contributed by atoms with E-state index in [9.17, 15) is 9.59 Å². The standard InChI is InChI=1S/C15H12Cl2N2O3/c1-9(14(20)19-13-7-6-12(17)8-18-13)22-15(21)10-2-4-11(16)5-3-10/h2-9H,1H3,(H,18,19,20)/t9-/m0/s1. The van der Waals surface area contributed by atoms with Crippen molar-refractivity contribution in [2.45, 2.75) is 13.0 Å². The van der Waals surface area contributed by atoms with Crippen LogP contribution in [0, 0.1) is 0 Å². The molecule has 0 aliphatic carbocycles. The molecule has 1 atom stereocenters. The molecule has 1 aromatic carbocycles. The van der Waals surface area contributed by atoms with Gasteiger partial charge >= 0.3 is 5.97 Å². The van der Waals surface area contributed by atoms with Gasteiger partial charge < -0.3 is 10.1 Å². The Labute approximate surface area is 137 Å². The summed E-state index contributed by atoms with van der Waals surface area (Å²) in [4.78, 5) is 27.8. The lowest BCUT2D eigenvalue weighted by molar-refractivity contribution is -0.123.